The van der Waals surface area contributed by atoms with E-state index in [-0.39, 0.29) is 6.08 Å². The van der Waals surface area contributed by atoms with Crippen molar-refractivity contribution in [2.24, 2.45) is 11.8 Å². The fraction of sp³-hybridized carbons (Fsp3) is 0.250. The second-order valence-electron chi connectivity index (χ2n) is 2.95. The summed E-state index contributed by atoms with van der Waals surface area (Å²) in [6.07, 6.45) is 1.82. The van der Waals surface area contributed by atoms with Crippen molar-refractivity contribution in [3.8, 4) is 0 Å². The van der Waals surface area contributed by atoms with Gasteiger partial charge < -0.3 is 5.11 Å². The summed E-state index contributed by atoms with van der Waals surface area (Å²) in [6, 6.07) is 0. The Balaban J connectivity index is 3.16. The molecule has 1 aliphatic rings. The van der Waals surface area contributed by atoms with E-state index in [1.54, 1.807) is 0 Å². The van der Waals surface area contributed by atoms with Gasteiger partial charge in [-0.15, -0.1) is 0 Å². The molecule has 0 saturated carbocycles. The molecule has 0 heterocycles. The van der Waals surface area contributed by atoms with E-state index >= 15 is 0 Å². The van der Waals surface area contributed by atoms with Gasteiger partial charge in [-0.1, -0.05) is 6.08 Å². The molecule has 1 aliphatic carbocycles. The zero-order chi connectivity index (χ0) is 11.6. The minimum Gasteiger partial charge on any atom is -0.481 e. The number of allylic oxidation sites excluding steroid dienone is 2. The molecule has 1 amide bonds. The van der Waals surface area contributed by atoms with Gasteiger partial charge in [0.15, 0.2) is 0 Å². The highest BCUT2D eigenvalue weighted by molar-refractivity contribution is 5.94. The number of carboxylic acid groups (broad SMARTS) is 1. The SMILES string of the molecule is NNC(=O)[C@@]1(F)C=C(F)C=C[C@H]1C(=O)O. The van der Waals surface area contributed by atoms with Crippen molar-refractivity contribution in [1.29, 1.82) is 0 Å². The van der Waals surface area contributed by atoms with Crippen LogP contribution in [0.2, 0.25) is 0 Å². The second-order valence-corrected chi connectivity index (χ2v) is 2.95. The highest BCUT2D eigenvalue weighted by atomic mass is 19.1. The molecule has 0 radical (unpaired) electrons. The Hall–Kier alpha value is -1.76. The molecule has 0 aromatic heterocycles. The first-order valence-electron chi connectivity index (χ1n) is 3.91. The number of alkyl halides is 1. The van der Waals surface area contributed by atoms with Gasteiger partial charge in [-0.25, -0.2) is 14.6 Å². The molecular weight excluding hydrogens is 210 g/mol. The number of hydrogen-bond acceptors (Lipinski definition) is 3. The molecule has 0 saturated heterocycles. The zero-order valence-corrected chi connectivity index (χ0v) is 7.41. The average molecular weight is 218 g/mol. The van der Waals surface area contributed by atoms with Crippen LogP contribution in [-0.4, -0.2) is 22.7 Å². The third kappa shape index (κ3) is 1.86. The largest absolute Gasteiger partial charge is 0.481 e. The van der Waals surface area contributed by atoms with Crippen molar-refractivity contribution in [2.75, 3.05) is 0 Å². The van der Waals surface area contributed by atoms with Crippen LogP contribution in [0.1, 0.15) is 0 Å². The predicted molar refractivity (Wildman–Crippen MR) is 45.6 cm³/mol. The highest BCUT2D eigenvalue weighted by Crippen LogP contribution is 2.32. The quantitative estimate of drug-likeness (QED) is 0.340. The molecule has 5 nitrogen and oxygen atoms in total. The maximum atomic E-state index is 13.9. The van der Waals surface area contributed by atoms with Crippen LogP contribution in [0.4, 0.5) is 8.78 Å². The molecule has 15 heavy (non-hydrogen) atoms. The molecule has 0 unspecified atom stereocenters. The van der Waals surface area contributed by atoms with Crippen LogP contribution >= 0.6 is 0 Å². The molecule has 0 spiro atoms. The standard InChI is InChI=1S/C8H8F2N2O3/c9-4-1-2-5(6(13)14)8(10,3-4)7(15)12-11/h1-3,5H,11H2,(H,12,15)(H,13,14)/t5-,8+/m0/s1. The van der Waals surface area contributed by atoms with Gasteiger partial charge in [0.25, 0.3) is 5.91 Å². The van der Waals surface area contributed by atoms with Crippen molar-refractivity contribution < 1.29 is 23.5 Å². The Morgan fingerprint density at radius 3 is 2.67 bits per heavy atom. The molecule has 0 aromatic rings. The molecule has 1 rings (SSSR count). The van der Waals surface area contributed by atoms with Gasteiger partial charge in [0, 0.05) is 0 Å². The summed E-state index contributed by atoms with van der Waals surface area (Å²) in [4.78, 5) is 21.7. The van der Waals surface area contributed by atoms with E-state index in [1.165, 1.54) is 5.43 Å². The number of hydrogen-bond donors (Lipinski definition) is 3. The number of nitrogens with two attached hydrogens (primary N) is 1. The first-order chi connectivity index (χ1) is 6.91. The monoisotopic (exact) mass is 218 g/mol. The highest BCUT2D eigenvalue weighted by Gasteiger charge is 2.49. The Morgan fingerprint density at radius 2 is 2.20 bits per heavy atom. The number of carboxylic acids is 1. The average Bonchev–Trinajstić information content (AvgIpc) is 2.15. The van der Waals surface area contributed by atoms with Gasteiger partial charge in [-0.3, -0.25) is 15.0 Å². The topological polar surface area (TPSA) is 92.4 Å². The van der Waals surface area contributed by atoms with Crippen LogP contribution in [-0.2, 0) is 9.59 Å². The Labute approximate surface area is 83.2 Å². The fourth-order valence-corrected chi connectivity index (χ4v) is 1.25. The lowest BCUT2D eigenvalue weighted by Crippen LogP contribution is -2.52. The number of rotatable bonds is 2. The summed E-state index contributed by atoms with van der Waals surface area (Å²) < 4.78 is 26.6. The Bertz CT molecular complexity index is 367. The molecule has 4 N–H and O–H groups in total. The number of carbonyl (C=O) groups is 2. The van der Waals surface area contributed by atoms with E-state index in [1.807, 2.05) is 0 Å². The van der Waals surface area contributed by atoms with Gasteiger partial charge in [-0.2, -0.15) is 0 Å². The van der Waals surface area contributed by atoms with E-state index in [9.17, 15) is 18.4 Å². The van der Waals surface area contributed by atoms with Crippen LogP contribution in [0.25, 0.3) is 0 Å². The van der Waals surface area contributed by atoms with Gasteiger partial charge in [0.2, 0.25) is 5.67 Å². The van der Waals surface area contributed by atoms with Crippen LogP contribution in [0.3, 0.4) is 0 Å². The molecule has 7 heteroatoms. The van der Waals surface area contributed by atoms with E-state index in [0.717, 1.165) is 12.2 Å². The molecule has 0 aromatic carbocycles. The number of amides is 1. The number of aliphatic carboxylic acids is 1. The molecular formula is C8H8F2N2O3. The van der Waals surface area contributed by atoms with Gasteiger partial charge >= 0.3 is 5.97 Å². The van der Waals surface area contributed by atoms with E-state index in [2.05, 4.69) is 5.84 Å². The van der Waals surface area contributed by atoms with Crippen molar-refractivity contribution in [1.82, 2.24) is 5.43 Å². The second kappa shape index (κ2) is 3.77. The minimum absolute atomic E-state index is 0.286. The van der Waals surface area contributed by atoms with Crippen LogP contribution < -0.4 is 11.3 Å². The first-order valence-corrected chi connectivity index (χ1v) is 3.91. The zero-order valence-electron chi connectivity index (χ0n) is 7.41. The van der Waals surface area contributed by atoms with Crippen LogP contribution in [0.15, 0.2) is 24.1 Å². The summed E-state index contributed by atoms with van der Waals surface area (Å²) in [5.74, 6) is -1.12. The Kier molecular flexibility index (Phi) is 2.85. The van der Waals surface area contributed by atoms with Crippen molar-refractivity contribution >= 4 is 11.9 Å². The maximum Gasteiger partial charge on any atom is 0.314 e. The normalized spacial score (nSPS) is 29.5. The number of nitrogens with one attached hydrogen (secondary N) is 1. The lowest BCUT2D eigenvalue weighted by Gasteiger charge is -2.26. The van der Waals surface area contributed by atoms with Gasteiger partial charge in [-0.05, 0) is 12.2 Å². The lowest BCUT2D eigenvalue weighted by molar-refractivity contribution is -0.149. The third-order valence-electron chi connectivity index (χ3n) is 1.99. The van der Waals surface area contributed by atoms with Crippen LogP contribution in [0.5, 0.6) is 0 Å². The number of carbonyl (C=O) groups excluding carboxylic acids is 1. The fourth-order valence-electron chi connectivity index (χ4n) is 1.25. The molecule has 0 bridgehead atoms. The van der Waals surface area contributed by atoms with Crippen molar-refractivity contribution in [2.45, 2.75) is 5.67 Å². The number of hydrazine groups is 1. The van der Waals surface area contributed by atoms with Crippen LogP contribution in [0, 0.1) is 5.92 Å². The summed E-state index contributed by atoms with van der Waals surface area (Å²) in [6.45, 7) is 0. The summed E-state index contributed by atoms with van der Waals surface area (Å²) >= 11 is 0. The molecule has 2 atom stereocenters. The summed E-state index contributed by atoms with van der Waals surface area (Å²) in [7, 11) is 0. The minimum atomic E-state index is -3.00. The van der Waals surface area contributed by atoms with Gasteiger partial charge in [0.05, 0.1) is 0 Å². The molecule has 0 fully saturated rings. The van der Waals surface area contributed by atoms with E-state index < -0.39 is 29.3 Å². The number of halogens is 2. The van der Waals surface area contributed by atoms with Gasteiger partial charge in [0.1, 0.15) is 11.7 Å². The molecule has 0 aliphatic heterocycles. The summed E-state index contributed by atoms with van der Waals surface area (Å²) in [5.41, 5.74) is -1.54. The van der Waals surface area contributed by atoms with E-state index in [4.69, 9.17) is 5.11 Å². The Morgan fingerprint density at radius 1 is 1.60 bits per heavy atom. The van der Waals surface area contributed by atoms with Crippen molar-refractivity contribution in [3.63, 3.8) is 0 Å². The third-order valence-corrected chi connectivity index (χ3v) is 1.99. The first kappa shape index (κ1) is 11.3. The smallest absolute Gasteiger partial charge is 0.314 e. The maximum absolute atomic E-state index is 13.9. The predicted octanol–water partition coefficient (Wildman–Crippen LogP) is -0.191. The molecule has 82 valence electrons. The van der Waals surface area contributed by atoms with Crippen molar-refractivity contribution in [3.05, 3.63) is 24.1 Å². The van der Waals surface area contributed by atoms with E-state index in [0.29, 0.717) is 0 Å². The summed E-state index contributed by atoms with van der Waals surface area (Å²) in [5, 5.41) is 8.64. The lowest BCUT2D eigenvalue weighted by atomic mass is 9.84.